The Morgan fingerprint density at radius 1 is 1.30 bits per heavy atom. The number of para-hydroxylation sites is 1. The van der Waals surface area contributed by atoms with Crippen LogP contribution in [0, 0.1) is 12.8 Å². The van der Waals surface area contributed by atoms with Crippen LogP contribution in [-0.2, 0) is 0 Å². The molecule has 2 nitrogen and oxygen atoms in total. The van der Waals surface area contributed by atoms with Crippen LogP contribution in [0.15, 0.2) is 18.2 Å². The van der Waals surface area contributed by atoms with Crippen molar-refractivity contribution in [3.8, 4) is 0 Å². The lowest BCUT2D eigenvalue weighted by molar-refractivity contribution is 0.257. The van der Waals surface area contributed by atoms with Crippen LogP contribution in [0.4, 0.5) is 0 Å². The zero-order valence-corrected chi connectivity index (χ0v) is 13.3. The molecule has 3 heteroatoms. The third kappa shape index (κ3) is 2.24. The first-order chi connectivity index (χ1) is 9.59. The van der Waals surface area contributed by atoms with Crippen LogP contribution in [0.25, 0.3) is 11.0 Å². The van der Waals surface area contributed by atoms with Crippen molar-refractivity contribution in [2.75, 3.05) is 0 Å². The number of benzene rings is 1. The molecule has 0 radical (unpaired) electrons. The Balaban J connectivity index is 2.21. The molecular weight excluding hydrogens is 268 g/mol. The molecule has 1 aromatic heterocycles. The van der Waals surface area contributed by atoms with Gasteiger partial charge in [-0.1, -0.05) is 31.9 Å². The first kappa shape index (κ1) is 13.9. The molecule has 3 atom stereocenters. The average molecular weight is 291 g/mol. The van der Waals surface area contributed by atoms with Gasteiger partial charge in [-0.3, -0.25) is 0 Å². The van der Waals surface area contributed by atoms with E-state index in [4.69, 9.17) is 16.6 Å². The van der Waals surface area contributed by atoms with Gasteiger partial charge in [-0.2, -0.15) is 0 Å². The van der Waals surface area contributed by atoms with Gasteiger partial charge in [0, 0.05) is 6.04 Å². The summed E-state index contributed by atoms with van der Waals surface area (Å²) in [6.45, 7) is 6.53. The van der Waals surface area contributed by atoms with E-state index in [1.807, 2.05) is 6.92 Å². The minimum Gasteiger partial charge on any atom is -0.323 e. The maximum atomic E-state index is 6.42. The zero-order chi connectivity index (χ0) is 14.3. The molecule has 108 valence electrons. The Kier molecular flexibility index (Phi) is 3.76. The maximum absolute atomic E-state index is 6.42. The number of imidazole rings is 1. The van der Waals surface area contributed by atoms with Crippen LogP contribution in [0.3, 0.4) is 0 Å². The van der Waals surface area contributed by atoms with E-state index < -0.39 is 0 Å². The Bertz CT molecular complexity index is 615. The topological polar surface area (TPSA) is 17.8 Å². The molecule has 0 spiro atoms. The molecule has 1 heterocycles. The number of halogens is 1. The number of nitrogens with zero attached hydrogens (tertiary/aromatic N) is 2. The summed E-state index contributed by atoms with van der Waals surface area (Å²) in [5, 5.41) is -0.0454. The fourth-order valence-electron chi connectivity index (χ4n) is 3.58. The van der Waals surface area contributed by atoms with Gasteiger partial charge < -0.3 is 4.57 Å². The van der Waals surface area contributed by atoms with Crippen molar-refractivity contribution in [1.29, 1.82) is 0 Å². The van der Waals surface area contributed by atoms with Gasteiger partial charge in [0.05, 0.1) is 16.4 Å². The normalized spacial score (nSPS) is 25.0. The molecule has 1 fully saturated rings. The summed E-state index contributed by atoms with van der Waals surface area (Å²) >= 11 is 6.42. The second-order valence-electron chi connectivity index (χ2n) is 6.23. The van der Waals surface area contributed by atoms with E-state index in [0.29, 0.717) is 12.0 Å². The Hall–Kier alpha value is -1.02. The first-order valence-electron chi connectivity index (χ1n) is 7.71. The number of rotatable bonds is 2. The number of alkyl halides is 1. The van der Waals surface area contributed by atoms with Gasteiger partial charge in [-0.15, -0.1) is 11.6 Å². The molecule has 0 amide bonds. The molecule has 0 saturated heterocycles. The lowest BCUT2D eigenvalue weighted by Crippen LogP contribution is -2.23. The molecule has 1 aromatic carbocycles. The molecule has 1 aliphatic carbocycles. The van der Waals surface area contributed by atoms with E-state index in [-0.39, 0.29) is 5.38 Å². The van der Waals surface area contributed by atoms with E-state index in [0.717, 1.165) is 11.3 Å². The minimum atomic E-state index is -0.0454. The lowest BCUT2D eigenvalue weighted by atomic mass is 9.85. The number of aromatic nitrogens is 2. The predicted octanol–water partition coefficient (Wildman–Crippen LogP) is 5.40. The van der Waals surface area contributed by atoms with Crippen LogP contribution >= 0.6 is 11.6 Å². The highest BCUT2D eigenvalue weighted by Crippen LogP contribution is 2.39. The molecule has 0 aliphatic heterocycles. The fourth-order valence-corrected chi connectivity index (χ4v) is 3.74. The zero-order valence-electron chi connectivity index (χ0n) is 12.6. The SMILES string of the molecule is Cc1cccc2c1nc(C(C)Cl)n2C1CCCCC1C. The Morgan fingerprint density at radius 3 is 2.75 bits per heavy atom. The number of hydrogen-bond acceptors (Lipinski definition) is 1. The minimum absolute atomic E-state index is 0.0454. The lowest BCUT2D eigenvalue weighted by Gasteiger charge is -2.32. The molecule has 0 N–H and O–H groups in total. The molecule has 0 bridgehead atoms. The summed E-state index contributed by atoms with van der Waals surface area (Å²) in [5.74, 6) is 1.74. The van der Waals surface area contributed by atoms with Gasteiger partial charge in [0.2, 0.25) is 0 Å². The van der Waals surface area contributed by atoms with Gasteiger partial charge in [-0.25, -0.2) is 4.98 Å². The summed E-state index contributed by atoms with van der Waals surface area (Å²) < 4.78 is 2.43. The van der Waals surface area contributed by atoms with Gasteiger partial charge in [0.1, 0.15) is 5.82 Å². The summed E-state index contributed by atoms with van der Waals surface area (Å²) in [7, 11) is 0. The standard InChI is InChI=1S/C17H23ClN2/c1-11-7-4-5-9-14(11)20-15-10-6-8-12(2)16(15)19-17(20)13(3)18/h6,8,10-11,13-14H,4-5,7,9H2,1-3H3. The fraction of sp³-hybridized carbons (Fsp3) is 0.588. The van der Waals surface area contributed by atoms with E-state index >= 15 is 0 Å². The first-order valence-corrected chi connectivity index (χ1v) is 8.14. The summed E-state index contributed by atoms with van der Waals surface area (Å²) in [4.78, 5) is 4.85. The largest absolute Gasteiger partial charge is 0.323 e. The highest BCUT2D eigenvalue weighted by Gasteiger charge is 2.28. The molecule has 1 saturated carbocycles. The van der Waals surface area contributed by atoms with Crippen molar-refractivity contribution >= 4 is 22.6 Å². The quantitative estimate of drug-likeness (QED) is 0.678. The molecule has 2 aromatic rings. The van der Waals surface area contributed by atoms with Gasteiger partial charge >= 0.3 is 0 Å². The molecule has 3 rings (SSSR count). The highest BCUT2D eigenvalue weighted by atomic mass is 35.5. The maximum Gasteiger partial charge on any atom is 0.127 e. The molecular formula is C17H23ClN2. The van der Waals surface area contributed by atoms with Gasteiger partial charge in [0.15, 0.2) is 0 Å². The van der Waals surface area contributed by atoms with Crippen LogP contribution < -0.4 is 0 Å². The third-order valence-corrected chi connectivity index (χ3v) is 4.90. The van der Waals surface area contributed by atoms with Gasteiger partial charge in [-0.05, 0) is 44.2 Å². The van der Waals surface area contributed by atoms with Crippen molar-refractivity contribution in [1.82, 2.24) is 9.55 Å². The van der Waals surface area contributed by atoms with Crippen molar-refractivity contribution in [2.45, 2.75) is 57.9 Å². The Morgan fingerprint density at radius 2 is 2.05 bits per heavy atom. The number of fused-ring (bicyclic) bond motifs is 1. The average Bonchev–Trinajstić information content (AvgIpc) is 2.80. The summed E-state index contributed by atoms with van der Waals surface area (Å²) in [6, 6.07) is 7.00. The van der Waals surface area contributed by atoms with Crippen molar-refractivity contribution in [3.05, 3.63) is 29.6 Å². The molecule has 20 heavy (non-hydrogen) atoms. The smallest absolute Gasteiger partial charge is 0.127 e. The van der Waals surface area contributed by atoms with Crippen LogP contribution in [0.1, 0.15) is 62.3 Å². The summed E-state index contributed by atoms with van der Waals surface area (Å²) in [5.41, 5.74) is 3.61. The van der Waals surface area contributed by atoms with Crippen LogP contribution in [-0.4, -0.2) is 9.55 Å². The van der Waals surface area contributed by atoms with Crippen molar-refractivity contribution < 1.29 is 0 Å². The van der Waals surface area contributed by atoms with E-state index in [1.54, 1.807) is 0 Å². The summed E-state index contributed by atoms with van der Waals surface area (Å²) in [6.07, 6.45) is 5.23. The van der Waals surface area contributed by atoms with Gasteiger partial charge in [0.25, 0.3) is 0 Å². The second-order valence-corrected chi connectivity index (χ2v) is 6.88. The molecule has 3 unspecified atom stereocenters. The van der Waals surface area contributed by atoms with Crippen molar-refractivity contribution in [3.63, 3.8) is 0 Å². The Labute approximate surface area is 126 Å². The van der Waals surface area contributed by atoms with E-state index in [2.05, 4.69) is 36.6 Å². The number of hydrogen-bond donors (Lipinski definition) is 0. The monoisotopic (exact) mass is 290 g/mol. The van der Waals surface area contributed by atoms with E-state index in [1.165, 1.54) is 36.8 Å². The van der Waals surface area contributed by atoms with E-state index in [9.17, 15) is 0 Å². The van der Waals surface area contributed by atoms with Crippen LogP contribution in [0.2, 0.25) is 0 Å². The third-order valence-electron chi connectivity index (χ3n) is 4.70. The van der Waals surface area contributed by atoms with Crippen LogP contribution in [0.5, 0.6) is 0 Å². The van der Waals surface area contributed by atoms with Crippen molar-refractivity contribution in [2.24, 2.45) is 5.92 Å². The molecule has 1 aliphatic rings. The number of aryl methyl sites for hydroxylation is 1. The second kappa shape index (κ2) is 5.40. The predicted molar refractivity (Wildman–Crippen MR) is 85.4 cm³/mol. The highest BCUT2D eigenvalue weighted by molar-refractivity contribution is 6.20.